The molecule has 0 bridgehead atoms. The van der Waals surface area contributed by atoms with Crippen LogP contribution in [0.5, 0.6) is 0 Å². The summed E-state index contributed by atoms with van der Waals surface area (Å²) in [4.78, 5) is 11.7. The van der Waals surface area contributed by atoms with Gasteiger partial charge >= 0.3 is 0 Å². The Hall–Kier alpha value is -2.58. The van der Waals surface area contributed by atoms with Crippen molar-refractivity contribution in [3.05, 3.63) is 53.7 Å². The van der Waals surface area contributed by atoms with Crippen LogP contribution < -0.4 is 5.32 Å². The molecule has 96 valence electrons. The van der Waals surface area contributed by atoms with E-state index in [1.165, 1.54) is 24.5 Å². The molecule has 2 rings (SSSR count). The second-order valence-corrected chi connectivity index (χ2v) is 3.59. The fourth-order valence-electron chi connectivity index (χ4n) is 1.43. The van der Waals surface area contributed by atoms with Gasteiger partial charge in [0.2, 0.25) is 0 Å². The summed E-state index contributed by atoms with van der Waals surface area (Å²) < 4.78 is 18.6. The number of hydrogen-bond acceptors (Lipinski definition) is 3. The molecule has 4 nitrogen and oxygen atoms in total. The van der Waals surface area contributed by atoms with E-state index < -0.39 is 11.7 Å². The molecular formula is C14H10FNO3. The summed E-state index contributed by atoms with van der Waals surface area (Å²) in [5.41, 5.74) is 0.457. The smallest absolute Gasteiger partial charge is 0.291 e. The summed E-state index contributed by atoms with van der Waals surface area (Å²) in [6.45, 7) is -0.293. The number of benzene rings is 1. The predicted molar refractivity (Wildman–Crippen MR) is 67.0 cm³/mol. The van der Waals surface area contributed by atoms with Crippen LogP contribution in [0.1, 0.15) is 16.1 Å². The van der Waals surface area contributed by atoms with Crippen LogP contribution in [0.4, 0.5) is 10.1 Å². The largest absolute Gasteiger partial charge is 0.459 e. The quantitative estimate of drug-likeness (QED) is 0.811. The van der Waals surface area contributed by atoms with Crippen molar-refractivity contribution in [1.82, 2.24) is 0 Å². The lowest BCUT2D eigenvalue weighted by atomic mass is 10.2. The van der Waals surface area contributed by atoms with Crippen molar-refractivity contribution in [2.45, 2.75) is 0 Å². The third kappa shape index (κ3) is 3.21. The van der Waals surface area contributed by atoms with E-state index in [9.17, 15) is 9.18 Å². The number of halogens is 1. The molecule has 0 spiro atoms. The van der Waals surface area contributed by atoms with E-state index in [4.69, 9.17) is 9.52 Å². The Morgan fingerprint density at radius 3 is 2.89 bits per heavy atom. The predicted octanol–water partition coefficient (Wildman–Crippen LogP) is 2.01. The van der Waals surface area contributed by atoms with Gasteiger partial charge < -0.3 is 14.8 Å². The van der Waals surface area contributed by atoms with Gasteiger partial charge in [-0.3, -0.25) is 4.79 Å². The van der Waals surface area contributed by atoms with Crippen molar-refractivity contribution < 1.29 is 18.7 Å². The maximum atomic E-state index is 13.7. The Labute approximate surface area is 108 Å². The second-order valence-electron chi connectivity index (χ2n) is 3.59. The van der Waals surface area contributed by atoms with E-state index in [-0.39, 0.29) is 18.1 Å². The fraction of sp³-hybridized carbons (Fsp3) is 0.0714. The summed E-state index contributed by atoms with van der Waals surface area (Å²) in [7, 11) is 0. The average molecular weight is 259 g/mol. The molecule has 1 heterocycles. The number of rotatable bonds is 2. The third-order valence-corrected chi connectivity index (χ3v) is 2.27. The maximum Gasteiger partial charge on any atom is 0.291 e. The first-order chi connectivity index (χ1) is 9.20. The number of carbonyl (C=O) groups excluding carboxylic acids is 1. The number of anilines is 1. The molecular weight excluding hydrogens is 249 g/mol. The molecule has 2 aromatic rings. The van der Waals surface area contributed by atoms with Crippen LogP contribution in [0.25, 0.3) is 0 Å². The average Bonchev–Trinajstić information content (AvgIpc) is 2.93. The Morgan fingerprint density at radius 1 is 1.42 bits per heavy atom. The first kappa shape index (κ1) is 12.9. The van der Waals surface area contributed by atoms with Crippen LogP contribution in [-0.2, 0) is 0 Å². The lowest BCUT2D eigenvalue weighted by Gasteiger charge is -2.04. The number of carbonyl (C=O) groups is 1. The number of nitrogens with one attached hydrogen (secondary N) is 1. The van der Waals surface area contributed by atoms with Gasteiger partial charge in [0.15, 0.2) is 5.76 Å². The van der Waals surface area contributed by atoms with E-state index >= 15 is 0 Å². The Morgan fingerprint density at radius 2 is 2.26 bits per heavy atom. The molecule has 1 aromatic heterocycles. The van der Waals surface area contributed by atoms with Crippen molar-refractivity contribution >= 4 is 11.6 Å². The minimum Gasteiger partial charge on any atom is -0.459 e. The van der Waals surface area contributed by atoms with E-state index in [1.54, 1.807) is 12.1 Å². The van der Waals surface area contributed by atoms with Crippen LogP contribution in [0, 0.1) is 17.7 Å². The zero-order chi connectivity index (χ0) is 13.7. The number of aliphatic hydroxyl groups excluding tert-OH is 1. The number of amides is 1. The van der Waals surface area contributed by atoms with Crippen molar-refractivity contribution in [1.29, 1.82) is 0 Å². The molecule has 0 unspecified atom stereocenters. The molecule has 0 fully saturated rings. The van der Waals surface area contributed by atoms with Gasteiger partial charge in [-0.05, 0) is 30.3 Å². The molecule has 19 heavy (non-hydrogen) atoms. The highest BCUT2D eigenvalue weighted by molar-refractivity contribution is 6.02. The monoisotopic (exact) mass is 259 g/mol. The van der Waals surface area contributed by atoms with Crippen LogP contribution in [-0.4, -0.2) is 17.6 Å². The van der Waals surface area contributed by atoms with E-state index in [2.05, 4.69) is 17.2 Å². The van der Waals surface area contributed by atoms with Crippen molar-refractivity contribution in [2.75, 3.05) is 11.9 Å². The Balaban J connectivity index is 2.15. The molecule has 1 amide bonds. The molecule has 0 aliphatic heterocycles. The van der Waals surface area contributed by atoms with E-state index in [0.717, 1.165) is 0 Å². The van der Waals surface area contributed by atoms with Gasteiger partial charge in [-0.2, -0.15) is 0 Å². The van der Waals surface area contributed by atoms with Crippen LogP contribution in [0.3, 0.4) is 0 Å². The molecule has 0 saturated heterocycles. The number of hydrogen-bond donors (Lipinski definition) is 2. The molecule has 2 N–H and O–H groups in total. The number of furan rings is 1. The standard InChI is InChI=1S/C14H10FNO3/c15-11-9-10(3-1-7-17)5-6-12(11)16-14(18)13-4-2-8-19-13/h2,4-6,8-9,17H,7H2,(H,16,18). The highest BCUT2D eigenvalue weighted by atomic mass is 19.1. The summed E-state index contributed by atoms with van der Waals surface area (Å²) in [5.74, 6) is 3.95. The van der Waals surface area contributed by atoms with Gasteiger partial charge in [0.25, 0.3) is 5.91 Å². The van der Waals surface area contributed by atoms with Gasteiger partial charge in [-0.1, -0.05) is 11.8 Å². The highest BCUT2D eigenvalue weighted by Crippen LogP contribution is 2.16. The topological polar surface area (TPSA) is 62.5 Å². The Kier molecular flexibility index (Phi) is 3.96. The molecule has 0 radical (unpaired) electrons. The summed E-state index contributed by atoms with van der Waals surface area (Å²) in [5, 5.41) is 10.9. The third-order valence-electron chi connectivity index (χ3n) is 2.27. The van der Waals surface area contributed by atoms with Gasteiger partial charge in [0.05, 0.1) is 12.0 Å². The summed E-state index contributed by atoms with van der Waals surface area (Å²) >= 11 is 0. The van der Waals surface area contributed by atoms with Crippen molar-refractivity contribution in [2.24, 2.45) is 0 Å². The lowest BCUT2D eigenvalue weighted by molar-refractivity contribution is 0.0996. The second kappa shape index (κ2) is 5.85. The SMILES string of the molecule is O=C(Nc1ccc(C#CCO)cc1F)c1ccco1. The van der Waals surface area contributed by atoms with Gasteiger partial charge in [-0.15, -0.1) is 0 Å². The minimum absolute atomic E-state index is 0.0379. The van der Waals surface area contributed by atoms with Gasteiger partial charge in [-0.25, -0.2) is 4.39 Å². The zero-order valence-electron chi connectivity index (χ0n) is 9.81. The molecule has 1 aromatic carbocycles. The van der Waals surface area contributed by atoms with Crippen molar-refractivity contribution in [3.63, 3.8) is 0 Å². The van der Waals surface area contributed by atoms with Gasteiger partial charge in [0, 0.05) is 5.56 Å². The molecule has 0 atom stereocenters. The normalized spacial score (nSPS) is 9.58. The first-order valence-corrected chi connectivity index (χ1v) is 5.45. The molecule has 0 saturated carbocycles. The Bertz CT molecular complexity index is 638. The van der Waals surface area contributed by atoms with Crippen LogP contribution in [0.15, 0.2) is 41.0 Å². The maximum absolute atomic E-state index is 13.7. The van der Waals surface area contributed by atoms with Crippen LogP contribution in [0.2, 0.25) is 0 Å². The molecule has 0 aliphatic rings. The lowest BCUT2D eigenvalue weighted by Crippen LogP contribution is -2.12. The minimum atomic E-state index is -0.607. The van der Waals surface area contributed by atoms with E-state index in [0.29, 0.717) is 5.56 Å². The molecule has 0 aliphatic carbocycles. The summed E-state index contributed by atoms with van der Waals surface area (Å²) in [6, 6.07) is 7.18. The zero-order valence-corrected chi connectivity index (χ0v) is 9.81. The summed E-state index contributed by atoms with van der Waals surface area (Å²) in [6.07, 6.45) is 1.36. The van der Waals surface area contributed by atoms with Crippen molar-refractivity contribution in [3.8, 4) is 11.8 Å². The highest BCUT2D eigenvalue weighted by Gasteiger charge is 2.11. The van der Waals surface area contributed by atoms with Gasteiger partial charge in [0.1, 0.15) is 12.4 Å². The first-order valence-electron chi connectivity index (χ1n) is 5.45. The van der Waals surface area contributed by atoms with E-state index in [1.807, 2.05) is 0 Å². The fourth-order valence-corrected chi connectivity index (χ4v) is 1.43. The number of aliphatic hydroxyl groups is 1. The van der Waals surface area contributed by atoms with Crippen LogP contribution >= 0.6 is 0 Å². The molecule has 5 heteroatoms.